The molecule has 0 aliphatic carbocycles. The molecule has 1 aliphatic heterocycles. The summed E-state index contributed by atoms with van der Waals surface area (Å²) >= 11 is 0. The Hall–Kier alpha value is -0.610. The summed E-state index contributed by atoms with van der Waals surface area (Å²) in [5.41, 5.74) is 5.80. The largest absolute Gasteiger partial charge is 0.379 e. The van der Waals surface area contributed by atoms with Gasteiger partial charge in [-0.15, -0.1) is 0 Å². The van der Waals surface area contributed by atoms with E-state index in [-0.39, 0.29) is 23.9 Å². The van der Waals surface area contributed by atoms with Gasteiger partial charge in [0.25, 0.3) is 0 Å². The van der Waals surface area contributed by atoms with E-state index < -0.39 is 0 Å². The average molecular weight is 200 g/mol. The smallest absolute Gasteiger partial charge is 0.237 e. The van der Waals surface area contributed by atoms with E-state index in [0.29, 0.717) is 6.61 Å². The molecule has 1 amide bonds. The summed E-state index contributed by atoms with van der Waals surface area (Å²) < 4.78 is 5.17. The Bertz CT molecular complexity index is 191. The maximum absolute atomic E-state index is 11.6. The third-order valence-electron chi connectivity index (χ3n) is 2.84. The predicted molar refractivity (Wildman–Crippen MR) is 54.8 cm³/mol. The maximum atomic E-state index is 11.6. The van der Waals surface area contributed by atoms with Gasteiger partial charge < -0.3 is 15.8 Å². The van der Waals surface area contributed by atoms with Crippen molar-refractivity contribution in [3.05, 3.63) is 0 Å². The highest BCUT2D eigenvalue weighted by atomic mass is 16.5. The molecule has 0 spiro atoms. The second-order valence-electron chi connectivity index (χ2n) is 3.98. The summed E-state index contributed by atoms with van der Waals surface area (Å²) in [7, 11) is 0. The fraction of sp³-hybridized carbons (Fsp3) is 0.900. The first-order valence-electron chi connectivity index (χ1n) is 5.28. The van der Waals surface area contributed by atoms with Crippen LogP contribution in [0.5, 0.6) is 0 Å². The van der Waals surface area contributed by atoms with Gasteiger partial charge in [0.05, 0.1) is 18.7 Å². The number of hydrogen-bond donors (Lipinski definition) is 2. The van der Waals surface area contributed by atoms with Crippen LogP contribution in [0.4, 0.5) is 0 Å². The van der Waals surface area contributed by atoms with Crippen LogP contribution in [-0.4, -0.2) is 31.2 Å². The van der Waals surface area contributed by atoms with E-state index >= 15 is 0 Å². The molecule has 1 rings (SSSR count). The van der Waals surface area contributed by atoms with E-state index in [9.17, 15) is 4.79 Å². The zero-order chi connectivity index (χ0) is 10.6. The molecule has 1 saturated heterocycles. The molecule has 1 unspecified atom stereocenters. The average Bonchev–Trinajstić information content (AvgIpc) is 2.68. The molecule has 3 N–H and O–H groups in total. The Balaban J connectivity index is 2.32. The van der Waals surface area contributed by atoms with E-state index in [1.807, 2.05) is 13.8 Å². The fourth-order valence-corrected chi connectivity index (χ4v) is 1.46. The van der Waals surface area contributed by atoms with Crippen LogP contribution >= 0.6 is 0 Å². The molecule has 4 nitrogen and oxygen atoms in total. The first-order chi connectivity index (χ1) is 6.65. The van der Waals surface area contributed by atoms with E-state index in [1.54, 1.807) is 0 Å². The Kier molecular flexibility index (Phi) is 4.35. The van der Waals surface area contributed by atoms with Crippen LogP contribution in [0.15, 0.2) is 0 Å². The number of carbonyl (C=O) groups is 1. The topological polar surface area (TPSA) is 64.4 Å². The monoisotopic (exact) mass is 200 g/mol. The number of hydrogen-bond acceptors (Lipinski definition) is 3. The minimum atomic E-state index is -0.388. The SMILES string of the molecule is CC[C@H](C)[C@H](N)C(=O)NC1CCOC1. The quantitative estimate of drug-likeness (QED) is 0.684. The van der Waals surface area contributed by atoms with Crippen molar-refractivity contribution < 1.29 is 9.53 Å². The van der Waals surface area contributed by atoms with Crippen molar-refractivity contribution in [2.24, 2.45) is 11.7 Å². The van der Waals surface area contributed by atoms with Crippen LogP contribution in [0.1, 0.15) is 26.7 Å². The minimum Gasteiger partial charge on any atom is -0.379 e. The summed E-state index contributed by atoms with van der Waals surface area (Å²) in [5, 5.41) is 2.90. The standard InChI is InChI=1S/C10H20N2O2/c1-3-7(2)9(11)10(13)12-8-4-5-14-6-8/h7-9H,3-6,11H2,1-2H3,(H,12,13)/t7-,8?,9-/m0/s1. The molecule has 82 valence electrons. The Morgan fingerprint density at radius 1 is 1.71 bits per heavy atom. The zero-order valence-corrected chi connectivity index (χ0v) is 8.95. The lowest BCUT2D eigenvalue weighted by atomic mass is 9.99. The number of ether oxygens (including phenoxy) is 1. The fourth-order valence-electron chi connectivity index (χ4n) is 1.46. The molecule has 1 aliphatic rings. The molecule has 0 aromatic carbocycles. The number of carbonyl (C=O) groups excluding carboxylic acids is 1. The van der Waals surface area contributed by atoms with Gasteiger partial charge in [-0.25, -0.2) is 0 Å². The lowest BCUT2D eigenvalue weighted by Crippen LogP contribution is -2.48. The molecule has 0 saturated carbocycles. The summed E-state index contributed by atoms with van der Waals surface area (Å²) in [6, 6.07) is -0.224. The third kappa shape index (κ3) is 2.96. The van der Waals surface area contributed by atoms with E-state index in [2.05, 4.69) is 5.32 Å². The molecule has 0 aromatic rings. The summed E-state index contributed by atoms with van der Waals surface area (Å²) in [4.78, 5) is 11.6. The van der Waals surface area contributed by atoms with Gasteiger partial charge in [0.1, 0.15) is 0 Å². The molecule has 4 heteroatoms. The van der Waals surface area contributed by atoms with Crippen molar-refractivity contribution in [2.45, 2.75) is 38.8 Å². The summed E-state index contributed by atoms with van der Waals surface area (Å²) in [6.07, 6.45) is 1.83. The van der Waals surface area contributed by atoms with Crippen molar-refractivity contribution in [3.8, 4) is 0 Å². The van der Waals surface area contributed by atoms with Gasteiger partial charge in [0, 0.05) is 6.61 Å². The van der Waals surface area contributed by atoms with Gasteiger partial charge in [0.2, 0.25) is 5.91 Å². The Labute approximate surface area is 85.2 Å². The maximum Gasteiger partial charge on any atom is 0.237 e. The second kappa shape index (κ2) is 5.32. The zero-order valence-electron chi connectivity index (χ0n) is 8.95. The Morgan fingerprint density at radius 2 is 2.43 bits per heavy atom. The Morgan fingerprint density at radius 3 is 2.93 bits per heavy atom. The molecule has 3 atom stereocenters. The summed E-state index contributed by atoms with van der Waals surface area (Å²) in [6.45, 7) is 5.40. The summed E-state index contributed by atoms with van der Waals surface area (Å²) in [5.74, 6) is 0.187. The normalized spacial score (nSPS) is 25.8. The van der Waals surface area contributed by atoms with E-state index in [1.165, 1.54) is 0 Å². The van der Waals surface area contributed by atoms with Gasteiger partial charge in [0.15, 0.2) is 0 Å². The van der Waals surface area contributed by atoms with Crippen LogP contribution in [0.3, 0.4) is 0 Å². The van der Waals surface area contributed by atoms with Crippen molar-refractivity contribution in [1.82, 2.24) is 5.32 Å². The molecular formula is C10H20N2O2. The van der Waals surface area contributed by atoms with Crippen molar-refractivity contribution in [2.75, 3.05) is 13.2 Å². The third-order valence-corrected chi connectivity index (χ3v) is 2.84. The van der Waals surface area contributed by atoms with Crippen LogP contribution in [0.25, 0.3) is 0 Å². The molecule has 1 fully saturated rings. The van der Waals surface area contributed by atoms with Crippen molar-refractivity contribution in [3.63, 3.8) is 0 Å². The van der Waals surface area contributed by atoms with E-state index in [0.717, 1.165) is 19.4 Å². The second-order valence-corrected chi connectivity index (χ2v) is 3.98. The van der Waals surface area contributed by atoms with Crippen LogP contribution in [0, 0.1) is 5.92 Å². The molecular weight excluding hydrogens is 180 g/mol. The van der Waals surface area contributed by atoms with Gasteiger partial charge in [-0.2, -0.15) is 0 Å². The van der Waals surface area contributed by atoms with Crippen LogP contribution < -0.4 is 11.1 Å². The van der Waals surface area contributed by atoms with Crippen molar-refractivity contribution in [1.29, 1.82) is 0 Å². The van der Waals surface area contributed by atoms with Crippen LogP contribution in [0.2, 0.25) is 0 Å². The number of rotatable bonds is 4. The predicted octanol–water partition coefficient (Wildman–Crippen LogP) is 0.265. The lowest BCUT2D eigenvalue weighted by molar-refractivity contribution is -0.124. The van der Waals surface area contributed by atoms with Crippen molar-refractivity contribution >= 4 is 5.91 Å². The van der Waals surface area contributed by atoms with Gasteiger partial charge >= 0.3 is 0 Å². The highest BCUT2D eigenvalue weighted by Crippen LogP contribution is 2.08. The first kappa shape index (κ1) is 11.5. The molecule has 14 heavy (non-hydrogen) atoms. The van der Waals surface area contributed by atoms with Gasteiger partial charge in [-0.3, -0.25) is 4.79 Å². The highest BCUT2D eigenvalue weighted by Gasteiger charge is 2.23. The number of nitrogens with one attached hydrogen (secondary N) is 1. The molecule has 1 heterocycles. The number of amides is 1. The molecule has 0 radical (unpaired) electrons. The van der Waals surface area contributed by atoms with E-state index in [4.69, 9.17) is 10.5 Å². The molecule has 0 bridgehead atoms. The highest BCUT2D eigenvalue weighted by molar-refractivity contribution is 5.82. The first-order valence-corrected chi connectivity index (χ1v) is 5.28. The van der Waals surface area contributed by atoms with Crippen LogP contribution in [-0.2, 0) is 9.53 Å². The van der Waals surface area contributed by atoms with Gasteiger partial charge in [-0.05, 0) is 12.3 Å². The number of nitrogens with two attached hydrogens (primary N) is 1. The minimum absolute atomic E-state index is 0.0464. The lowest BCUT2D eigenvalue weighted by Gasteiger charge is -2.19. The van der Waals surface area contributed by atoms with Gasteiger partial charge in [-0.1, -0.05) is 20.3 Å². The molecule has 0 aromatic heterocycles.